The summed E-state index contributed by atoms with van der Waals surface area (Å²) in [6.45, 7) is 3.64. The Bertz CT molecular complexity index is 222. The number of likely N-dealkylation sites (tertiary alicyclic amines) is 1. The fourth-order valence-corrected chi connectivity index (χ4v) is 1.49. The molecule has 0 aromatic rings. The minimum Gasteiger partial charge on any atom is -0.368 e. The lowest BCUT2D eigenvalue weighted by Crippen LogP contribution is -2.46. The van der Waals surface area contributed by atoms with Crippen molar-refractivity contribution in [1.82, 2.24) is 10.2 Å². The van der Waals surface area contributed by atoms with Gasteiger partial charge in [-0.2, -0.15) is 0 Å². The van der Waals surface area contributed by atoms with Gasteiger partial charge in [0.25, 0.3) is 0 Å². The van der Waals surface area contributed by atoms with Crippen LogP contribution in [0.3, 0.4) is 0 Å². The third-order valence-electron chi connectivity index (χ3n) is 2.48. The average Bonchev–Trinajstić information content (AvgIpc) is 2.15. The van der Waals surface area contributed by atoms with Gasteiger partial charge >= 0.3 is 6.03 Å². The summed E-state index contributed by atoms with van der Waals surface area (Å²) in [7, 11) is 0. The van der Waals surface area contributed by atoms with Crippen molar-refractivity contribution >= 4 is 11.9 Å². The quantitative estimate of drug-likeness (QED) is 0.652. The van der Waals surface area contributed by atoms with E-state index in [2.05, 4.69) is 12.2 Å². The summed E-state index contributed by atoms with van der Waals surface area (Å²) in [4.78, 5) is 23.6. The summed E-state index contributed by atoms with van der Waals surface area (Å²) in [5, 5.41) is 2.48. The molecule has 14 heavy (non-hydrogen) atoms. The second-order valence-electron chi connectivity index (χ2n) is 3.79. The van der Waals surface area contributed by atoms with Crippen LogP contribution in [0.2, 0.25) is 0 Å². The molecule has 0 aliphatic carbocycles. The lowest BCUT2D eigenvalue weighted by molar-refractivity contribution is -0.117. The molecule has 1 saturated heterocycles. The molecule has 3 amide bonds. The van der Waals surface area contributed by atoms with Crippen molar-refractivity contribution in [3.05, 3.63) is 0 Å². The van der Waals surface area contributed by atoms with Crippen molar-refractivity contribution in [3.8, 4) is 0 Å². The number of nitrogens with two attached hydrogens (primary N) is 1. The SMILES string of the molecule is CC1CCN(C(=O)NCC(N)=O)CC1. The molecular formula is C9H17N3O2. The number of carbonyl (C=O) groups excluding carboxylic acids is 2. The summed E-state index contributed by atoms with van der Waals surface area (Å²) in [6.07, 6.45) is 2.06. The van der Waals surface area contributed by atoms with Crippen molar-refractivity contribution in [3.63, 3.8) is 0 Å². The molecule has 1 aliphatic rings. The summed E-state index contributed by atoms with van der Waals surface area (Å²) >= 11 is 0. The standard InChI is InChI=1S/C9H17N3O2/c1-7-2-4-12(5-3-7)9(14)11-6-8(10)13/h7H,2-6H2,1H3,(H2,10,13)(H,11,14). The van der Waals surface area contributed by atoms with E-state index in [4.69, 9.17) is 5.73 Å². The van der Waals surface area contributed by atoms with Gasteiger partial charge in [0.15, 0.2) is 0 Å². The Kier molecular flexibility index (Phi) is 3.73. The number of rotatable bonds is 2. The Morgan fingerprint density at radius 3 is 2.50 bits per heavy atom. The number of primary amides is 1. The zero-order valence-electron chi connectivity index (χ0n) is 8.45. The first kappa shape index (κ1) is 10.8. The third-order valence-corrected chi connectivity index (χ3v) is 2.48. The number of piperidine rings is 1. The van der Waals surface area contributed by atoms with E-state index in [1.165, 1.54) is 0 Å². The molecule has 1 fully saturated rings. The number of amides is 3. The molecule has 1 rings (SSSR count). The molecule has 0 atom stereocenters. The second kappa shape index (κ2) is 4.83. The first-order valence-corrected chi connectivity index (χ1v) is 4.90. The predicted octanol–water partition coefficient (Wildman–Crippen LogP) is -0.0868. The Labute approximate surface area is 83.6 Å². The minimum atomic E-state index is -0.510. The van der Waals surface area contributed by atoms with Crippen LogP contribution in [0.25, 0.3) is 0 Å². The summed E-state index contributed by atoms with van der Waals surface area (Å²) in [5.41, 5.74) is 4.92. The van der Waals surface area contributed by atoms with Crippen LogP contribution in [0.15, 0.2) is 0 Å². The molecule has 0 spiro atoms. The number of urea groups is 1. The molecule has 80 valence electrons. The topological polar surface area (TPSA) is 75.4 Å². The number of hydrogen-bond acceptors (Lipinski definition) is 2. The highest BCUT2D eigenvalue weighted by atomic mass is 16.2. The van der Waals surface area contributed by atoms with E-state index in [9.17, 15) is 9.59 Å². The van der Waals surface area contributed by atoms with Crippen LogP contribution in [-0.2, 0) is 4.79 Å². The van der Waals surface area contributed by atoms with Gasteiger partial charge in [-0.15, -0.1) is 0 Å². The van der Waals surface area contributed by atoms with Gasteiger partial charge in [0.05, 0.1) is 6.54 Å². The van der Waals surface area contributed by atoms with Crippen LogP contribution in [0.5, 0.6) is 0 Å². The molecule has 5 heteroatoms. The summed E-state index contributed by atoms with van der Waals surface area (Å²) in [6, 6.07) is -0.185. The van der Waals surface area contributed by atoms with Gasteiger partial charge in [0, 0.05) is 13.1 Å². The fourth-order valence-electron chi connectivity index (χ4n) is 1.49. The first-order chi connectivity index (χ1) is 6.59. The third kappa shape index (κ3) is 3.24. The fraction of sp³-hybridized carbons (Fsp3) is 0.778. The van der Waals surface area contributed by atoms with E-state index in [0.29, 0.717) is 5.92 Å². The van der Waals surface area contributed by atoms with E-state index in [-0.39, 0.29) is 12.6 Å². The largest absolute Gasteiger partial charge is 0.368 e. The van der Waals surface area contributed by atoms with Crippen LogP contribution < -0.4 is 11.1 Å². The maximum absolute atomic E-state index is 11.4. The van der Waals surface area contributed by atoms with Crippen molar-refractivity contribution < 1.29 is 9.59 Å². The highest BCUT2D eigenvalue weighted by Gasteiger charge is 2.19. The highest BCUT2D eigenvalue weighted by molar-refractivity contribution is 5.82. The normalized spacial score (nSPS) is 17.9. The molecular weight excluding hydrogens is 182 g/mol. The van der Waals surface area contributed by atoms with Gasteiger partial charge in [-0.25, -0.2) is 4.79 Å². The summed E-state index contributed by atoms with van der Waals surface area (Å²) < 4.78 is 0. The molecule has 5 nitrogen and oxygen atoms in total. The van der Waals surface area contributed by atoms with Gasteiger partial charge in [0.1, 0.15) is 0 Å². The van der Waals surface area contributed by atoms with Gasteiger partial charge in [0.2, 0.25) is 5.91 Å². The summed E-state index contributed by atoms with van der Waals surface area (Å²) in [5.74, 6) is 0.180. The van der Waals surface area contributed by atoms with Crippen LogP contribution in [0, 0.1) is 5.92 Å². The lowest BCUT2D eigenvalue weighted by Gasteiger charge is -2.30. The molecule has 0 saturated carbocycles. The zero-order chi connectivity index (χ0) is 10.6. The molecule has 0 aromatic carbocycles. The number of nitrogens with zero attached hydrogens (tertiary/aromatic N) is 1. The Balaban J connectivity index is 2.27. The Morgan fingerprint density at radius 2 is 2.00 bits per heavy atom. The van der Waals surface area contributed by atoms with Crippen LogP contribution in [0.4, 0.5) is 4.79 Å². The van der Waals surface area contributed by atoms with E-state index < -0.39 is 5.91 Å². The zero-order valence-corrected chi connectivity index (χ0v) is 8.45. The van der Waals surface area contributed by atoms with Crippen LogP contribution >= 0.6 is 0 Å². The van der Waals surface area contributed by atoms with E-state index in [0.717, 1.165) is 25.9 Å². The average molecular weight is 199 g/mol. The maximum atomic E-state index is 11.4. The van der Waals surface area contributed by atoms with Gasteiger partial charge in [-0.1, -0.05) is 6.92 Å². The van der Waals surface area contributed by atoms with Crippen LogP contribution in [-0.4, -0.2) is 36.5 Å². The van der Waals surface area contributed by atoms with Crippen molar-refractivity contribution in [2.75, 3.05) is 19.6 Å². The second-order valence-corrected chi connectivity index (χ2v) is 3.79. The van der Waals surface area contributed by atoms with E-state index in [1.54, 1.807) is 4.90 Å². The van der Waals surface area contributed by atoms with Crippen molar-refractivity contribution in [1.29, 1.82) is 0 Å². The number of hydrogen-bond donors (Lipinski definition) is 2. The number of carbonyl (C=O) groups is 2. The van der Waals surface area contributed by atoms with Crippen LogP contribution in [0.1, 0.15) is 19.8 Å². The molecule has 1 aliphatic heterocycles. The molecule has 0 bridgehead atoms. The Hall–Kier alpha value is -1.26. The van der Waals surface area contributed by atoms with E-state index in [1.807, 2.05) is 0 Å². The highest BCUT2D eigenvalue weighted by Crippen LogP contribution is 2.15. The molecule has 0 unspecified atom stereocenters. The molecule has 3 N–H and O–H groups in total. The predicted molar refractivity (Wildman–Crippen MR) is 52.6 cm³/mol. The van der Waals surface area contributed by atoms with Crippen molar-refractivity contribution in [2.45, 2.75) is 19.8 Å². The maximum Gasteiger partial charge on any atom is 0.317 e. The molecule has 0 radical (unpaired) electrons. The molecule has 0 aromatic heterocycles. The Morgan fingerprint density at radius 1 is 1.43 bits per heavy atom. The smallest absolute Gasteiger partial charge is 0.317 e. The lowest BCUT2D eigenvalue weighted by atomic mass is 10.00. The number of nitrogens with one attached hydrogen (secondary N) is 1. The van der Waals surface area contributed by atoms with Gasteiger partial charge in [-0.05, 0) is 18.8 Å². The van der Waals surface area contributed by atoms with E-state index >= 15 is 0 Å². The van der Waals surface area contributed by atoms with Gasteiger partial charge < -0.3 is 16.0 Å². The van der Waals surface area contributed by atoms with Gasteiger partial charge in [-0.3, -0.25) is 4.79 Å². The first-order valence-electron chi connectivity index (χ1n) is 4.90. The van der Waals surface area contributed by atoms with Crippen molar-refractivity contribution in [2.24, 2.45) is 11.7 Å². The molecule has 1 heterocycles. The minimum absolute atomic E-state index is 0.0785. The monoisotopic (exact) mass is 199 g/mol.